The van der Waals surface area contributed by atoms with Gasteiger partial charge in [-0.25, -0.2) is 9.18 Å². The number of hydrogen-bond donors (Lipinski definition) is 2. The molecule has 1 saturated carbocycles. The second kappa shape index (κ2) is 9.38. The van der Waals surface area contributed by atoms with Gasteiger partial charge in [0.25, 0.3) is 11.8 Å². The van der Waals surface area contributed by atoms with Crippen LogP contribution >= 0.6 is 0 Å². The number of rotatable bonds is 4. The van der Waals surface area contributed by atoms with Crippen molar-refractivity contribution in [2.24, 2.45) is 0 Å². The topological polar surface area (TPSA) is 81.8 Å². The third kappa shape index (κ3) is 5.25. The smallest absolute Gasteiger partial charge is 0.321 e. The molecule has 2 aromatic rings. The van der Waals surface area contributed by atoms with Crippen molar-refractivity contribution >= 4 is 23.5 Å². The van der Waals surface area contributed by atoms with Gasteiger partial charge in [0.2, 0.25) is 0 Å². The van der Waals surface area contributed by atoms with E-state index in [-0.39, 0.29) is 29.7 Å². The number of benzene rings is 2. The van der Waals surface area contributed by atoms with E-state index in [9.17, 15) is 18.8 Å². The average Bonchev–Trinajstić information content (AvgIpc) is 3.62. The molecular weight excluding hydrogens is 411 g/mol. The third-order valence-corrected chi connectivity index (χ3v) is 5.82. The van der Waals surface area contributed by atoms with E-state index in [1.165, 1.54) is 24.3 Å². The summed E-state index contributed by atoms with van der Waals surface area (Å²) < 4.78 is 13.1. The van der Waals surface area contributed by atoms with Crippen LogP contribution in [0.4, 0.5) is 14.9 Å². The van der Waals surface area contributed by atoms with E-state index in [1.807, 2.05) is 13.0 Å². The van der Waals surface area contributed by atoms with Crippen LogP contribution in [0, 0.1) is 12.7 Å². The Kier molecular flexibility index (Phi) is 6.39. The highest BCUT2D eigenvalue weighted by atomic mass is 19.1. The first-order valence-electron chi connectivity index (χ1n) is 10.9. The predicted molar refractivity (Wildman–Crippen MR) is 119 cm³/mol. The van der Waals surface area contributed by atoms with Gasteiger partial charge in [0, 0.05) is 49.0 Å². The standard InChI is InChI=1S/C24H27FN4O3/c1-16-3-4-18(22(30)26-20-9-10-20)15-21(16)27-24(32)29-12-2-11-28(13-14-29)23(31)17-5-7-19(25)8-6-17/h3-8,15,20H,2,9-14H2,1H3,(H,26,30)(H,27,32). The fraction of sp³-hybridized carbons (Fsp3) is 0.375. The molecule has 168 valence electrons. The number of urea groups is 1. The molecule has 0 radical (unpaired) electrons. The lowest BCUT2D eigenvalue weighted by atomic mass is 10.1. The number of halogens is 1. The molecule has 4 rings (SSSR count). The second-order valence-electron chi connectivity index (χ2n) is 8.35. The molecule has 32 heavy (non-hydrogen) atoms. The molecule has 2 N–H and O–H groups in total. The molecule has 1 aliphatic carbocycles. The molecule has 1 saturated heterocycles. The minimum absolute atomic E-state index is 0.132. The summed E-state index contributed by atoms with van der Waals surface area (Å²) in [5.41, 5.74) is 2.41. The summed E-state index contributed by atoms with van der Waals surface area (Å²) in [7, 11) is 0. The first-order chi connectivity index (χ1) is 15.4. The maximum absolute atomic E-state index is 13.1. The normalized spacial score (nSPS) is 16.3. The Morgan fingerprint density at radius 1 is 0.906 bits per heavy atom. The monoisotopic (exact) mass is 438 g/mol. The van der Waals surface area contributed by atoms with Crippen molar-refractivity contribution in [3.63, 3.8) is 0 Å². The summed E-state index contributed by atoms with van der Waals surface area (Å²) >= 11 is 0. The lowest BCUT2D eigenvalue weighted by Gasteiger charge is -2.23. The molecule has 7 nitrogen and oxygen atoms in total. The van der Waals surface area contributed by atoms with E-state index in [1.54, 1.807) is 21.9 Å². The predicted octanol–water partition coefficient (Wildman–Crippen LogP) is 3.41. The number of nitrogens with zero attached hydrogens (tertiary/aromatic N) is 2. The van der Waals surface area contributed by atoms with Crippen LogP contribution in [-0.4, -0.2) is 59.9 Å². The van der Waals surface area contributed by atoms with Gasteiger partial charge in [0.15, 0.2) is 0 Å². The Balaban J connectivity index is 1.37. The molecule has 0 bridgehead atoms. The lowest BCUT2D eigenvalue weighted by molar-refractivity contribution is 0.0762. The Morgan fingerprint density at radius 2 is 1.56 bits per heavy atom. The van der Waals surface area contributed by atoms with Gasteiger partial charge in [0.1, 0.15) is 5.82 Å². The maximum atomic E-state index is 13.1. The van der Waals surface area contributed by atoms with Gasteiger partial charge in [-0.3, -0.25) is 9.59 Å². The number of aryl methyl sites for hydroxylation is 1. The molecular formula is C24H27FN4O3. The summed E-state index contributed by atoms with van der Waals surface area (Å²) in [6.07, 6.45) is 2.66. The number of anilines is 1. The highest BCUT2D eigenvalue weighted by Crippen LogP contribution is 2.22. The van der Waals surface area contributed by atoms with Gasteiger partial charge >= 0.3 is 6.03 Å². The summed E-state index contributed by atoms with van der Waals surface area (Å²) in [5.74, 6) is -0.685. The second-order valence-corrected chi connectivity index (χ2v) is 8.35. The molecule has 2 aromatic carbocycles. The summed E-state index contributed by atoms with van der Waals surface area (Å²) in [5, 5.41) is 5.87. The molecule has 2 fully saturated rings. The van der Waals surface area contributed by atoms with Crippen LogP contribution in [0.2, 0.25) is 0 Å². The van der Waals surface area contributed by atoms with Gasteiger partial charge < -0.3 is 20.4 Å². The lowest BCUT2D eigenvalue weighted by Crippen LogP contribution is -2.39. The van der Waals surface area contributed by atoms with E-state index < -0.39 is 0 Å². The van der Waals surface area contributed by atoms with Crippen LogP contribution in [0.15, 0.2) is 42.5 Å². The zero-order chi connectivity index (χ0) is 22.7. The first-order valence-corrected chi connectivity index (χ1v) is 10.9. The number of carbonyl (C=O) groups is 3. The highest BCUT2D eigenvalue weighted by Gasteiger charge is 2.25. The SMILES string of the molecule is Cc1ccc(C(=O)NC2CC2)cc1NC(=O)N1CCCN(C(=O)c2ccc(F)cc2)CC1. The van der Waals surface area contributed by atoms with Gasteiger partial charge in [-0.15, -0.1) is 0 Å². The van der Waals surface area contributed by atoms with Gasteiger partial charge in [0.05, 0.1) is 0 Å². The highest BCUT2D eigenvalue weighted by molar-refractivity contribution is 5.98. The summed E-state index contributed by atoms with van der Waals surface area (Å²) in [4.78, 5) is 41.3. The van der Waals surface area contributed by atoms with E-state index in [0.29, 0.717) is 49.4 Å². The molecule has 0 unspecified atom stereocenters. The molecule has 2 aliphatic rings. The van der Waals surface area contributed by atoms with Crippen LogP contribution in [0.1, 0.15) is 45.5 Å². The summed E-state index contributed by atoms with van der Waals surface area (Å²) in [6, 6.07) is 10.8. The first kappa shape index (κ1) is 21.8. The van der Waals surface area contributed by atoms with Crippen molar-refractivity contribution < 1.29 is 18.8 Å². The van der Waals surface area contributed by atoms with Gasteiger partial charge in [-0.2, -0.15) is 0 Å². The van der Waals surface area contributed by atoms with Crippen LogP contribution < -0.4 is 10.6 Å². The van der Waals surface area contributed by atoms with Crippen LogP contribution in [0.5, 0.6) is 0 Å². The van der Waals surface area contributed by atoms with Crippen molar-refractivity contribution in [2.45, 2.75) is 32.2 Å². The molecule has 1 aliphatic heterocycles. The van der Waals surface area contributed by atoms with E-state index in [2.05, 4.69) is 10.6 Å². The van der Waals surface area contributed by atoms with Crippen molar-refractivity contribution in [2.75, 3.05) is 31.5 Å². The number of carbonyl (C=O) groups excluding carboxylic acids is 3. The maximum Gasteiger partial charge on any atom is 0.321 e. The molecule has 1 heterocycles. The number of nitrogens with one attached hydrogen (secondary N) is 2. The zero-order valence-electron chi connectivity index (χ0n) is 18.1. The fourth-order valence-corrected chi connectivity index (χ4v) is 3.69. The molecule has 4 amide bonds. The van der Waals surface area contributed by atoms with Crippen LogP contribution in [-0.2, 0) is 0 Å². The van der Waals surface area contributed by atoms with Crippen molar-refractivity contribution in [1.29, 1.82) is 0 Å². The Morgan fingerprint density at radius 3 is 2.28 bits per heavy atom. The Hall–Kier alpha value is -3.42. The molecule has 8 heteroatoms. The van der Waals surface area contributed by atoms with Gasteiger partial charge in [-0.05, 0) is 68.1 Å². The minimum Gasteiger partial charge on any atom is -0.349 e. The Bertz CT molecular complexity index is 1020. The zero-order valence-corrected chi connectivity index (χ0v) is 18.1. The quantitative estimate of drug-likeness (QED) is 0.768. The van der Waals surface area contributed by atoms with Gasteiger partial charge in [-0.1, -0.05) is 6.07 Å². The largest absolute Gasteiger partial charge is 0.349 e. The van der Waals surface area contributed by atoms with E-state index in [0.717, 1.165) is 18.4 Å². The molecule has 0 aromatic heterocycles. The molecule has 0 atom stereocenters. The van der Waals surface area contributed by atoms with Crippen LogP contribution in [0.3, 0.4) is 0 Å². The van der Waals surface area contributed by atoms with Crippen LogP contribution in [0.25, 0.3) is 0 Å². The van der Waals surface area contributed by atoms with Crippen molar-refractivity contribution in [3.05, 3.63) is 65.0 Å². The fourth-order valence-electron chi connectivity index (χ4n) is 3.69. The summed E-state index contributed by atoms with van der Waals surface area (Å²) in [6.45, 7) is 3.70. The average molecular weight is 439 g/mol. The number of amides is 4. The third-order valence-electron chi connectivity index (χ3n) is 5.82. The Labute approximate surface area is 186 Å². The van der Waals surface area contributed by atoms with Crippen molar-refractivity contribution in [1.82, 2.24) is 15.1 Å². The number of hydrogen-bond acceptors (Lipinski definition) is 3. The van der Waals surface area contributed by atoms with E-state index in [4.69, 9.17) is 0 Å². The molecule has 0 spiro atoms. The van der Waals surface area contributed by atoms with E-state index >= 15 is 0 Å². The van der Waals surface area contributed by atoms with Crippen molar-refractivity contribution in [3.8, 4) is 0 Å². The minimum atomic E-state index is -0.385.